The number of rotatable bonds is 2. The fourth-order valence-corrected chi connectivity index (χ4v) is 1.93. The Hall–Kier alpha value is -0.730. The van der Waals surface area contributed by atoms with Crippen LogP contribution in [0.3, 0.4) is 0 Å². The molecule has 2 rings (SSSR count). The maximum atomic E-state index is 11.3. The second-order valence-corrected chi connectivity index (χ2v) is 5.35. The van der Waals surface area contributed by atoms with Crippen molar-refractivity contribution < 1.29 is 9.53 Å². The summed E-state index contributed by atoms with van der Waals surface area (Å²) in [5.41, 5.74) is -0.397. The molecule has 0 bridgehead atoms. The molecule has 0 radical (unpaired) electrons. The van der Waals surface area contributed by atoms with E-state index in [9.17, 15) is 4.79 Å². The van der Waals surface area contributed by atoms with E-state index in [4.69, 9.17) is 27.9 Å². The van der Waals surface area contributed by atoms with Gasteiger partial charge in [0.2, 0.25) is 0 Å². The molecule has 1 aromatic rings. The highest BCUT2D eigenvalue weighted by Crippen LogP contribution is 2.40. The van der Waals surface area contributed by atoms with Crippen molar-refractivity contribution in [1.29, 1.82) is 0 Å². The molecule has 0 amide bonds. The average molecular weight is 259 g/mol. The number of hydrogen-bond acceptors (Lipinski definition) is 2. The normalized spacial score (nSPS) is 22.8. The molecule has 1 unspecified atom stereocenters. The molecule has 86 valence electrons. The largest absolute Gasteiger partial charge is 0.489 e. The monoisotopic (exact) mass is 258 g/mol. The van der Waals surface area contributed by atoms with Crippen LogP contribution in [0.25, 0.3) is 0 Å². The van der Waals surface area contributed by atoms with Gasteiger partial charge in [0.25, 0.3) is 0 Å². The van der Waals surface area contributed by atoms with E-state index in [0.717, 1.165) is 0 Å². The first-order valence-corrected chi connectivity index (χ1v) is 5.82. The molecular formula is C12H12Cl2O2. The van der Waals surface area contributed by atoms with Gasteiger partial charge in [-0.2, -0.15) is 0 Å². The van der Waals surface area contributed by atoms with Crippen molar-refractivity contribution in [3.05, 3.63) is 28.2 Å². The van der Waals surface area contributed by atoms with Gasteiger partial charge in [-0.3, -0.25) is 4.79 Å². The van der Waals surface area contributed by atoms with Crippen molar-refractivity contribution in [2.75, 3.05) is 0 Å². The Morgan fingerprint density at radius 3 is 2.50 bits per heavy atom. The Morgan fingerprint density at radius 2 is 2.00 bits per heavy atom. The third-order valence-corrected chi connectivity index (χ3v) is 3.80. The van der Waals surface area contributed by atoms with Gasteiger partial charge in [-0.15, -0.1) is 0 Å². The van der Waals surface area contributed by atoms with Crippen LogP contribution in [0.1, 0.15) is 20.3 Å². The van der Waals surface area contributed by atoms with Crippen molar-refractivity contribution in [2.45, 2.75) is 26.4 Å². The van der Waals surface area contributed by atoms with Gasteiger partial charge in [-0.1, -0.05) is 23.2 Å². The van der Waals surface area contributed by atoms with E-state index in [1.165, 1.54) is 0 Å². The quantitative estimate of drug-likeness (QED) is 0.808. The lowest BCUT2D eigenvalue weighted by Gasteiger charge is -2.41. The van der Waals surface area contributed by atoms with E-state index in [-0.39, 0.29) is 11.9 Å². The molecule has 1 saturated carbocycles. The smallest absolute Gasteiger partial charge is 0.145 e. The van der Waals surface area contributed by atoms with Crippen molar-refractivity contribution in [1.82, 2.24) is 0 Å². The van der Waals surface area contributed by atoms with E-state index in [1.807, 2.05) is 13.8 Å². The van der Waals surface area contributed by atoms with Crippen LogP contribution >= 0.6 is 23.2 Å². The minimum atomic E-state index is -0.397. The summed E-state index contributed by atoms with van der Waals surface area (Å²) in [6.07, 6.45) is 0.394. The first-order chi connectivity index (χ1) is 7.41. The third kappa shape index (κ3) is 1.92. The van der Waals surface area contributed by atoms with Crippen LogP contribution in [0.2, 0.25) is 10.0 Å². The summed E-state index contributed by atoms with van der Waals surface area (Å²) in [5.74, 6) is 0.887. The molecule has 0 saturated heterocycles. The van der Waals surface area contributed by atoms with Gasteiger partial charge in [0, 0.05) is 12.5 Å². The van der Waals surface area contributed by atoms with Crippen molar-refractivity contribution >= 4 is 29.0 Å². The molecule has 1 aromatic carbocycles. The third-order valence-electron chi connectivity index (χ3n) is 3.06. The van der Waals surface area contributed by atoms with Crippen LogP contribution in [0.4, 0.5) is 0 Å². The van der Waals surface area contributed by atoms with Crippen LogP contribution in [0.15, 0.2) is 18.2 Å². The Balaban J connectivity index is 2.11. The summed E-state index contributed by atoms with van der Waals surface area (Å²) in [4.78, 5) is 11.3. The zero-order valence-corrected chi connectivity index (χ0v) is 10.6. The van der Waals surface area contributed by atoms with E-state index in [1.54, 1.807) is 18.2 Å². The van der Waals surface area contributed by atoms with E-state index >= 15 is 0 Å². The molecule has 0 heterocycles. The summed E-state index contributed by atoms with van der Waals surface area (Å²) in [5, 5.41) is 0.959. The summed E-state index contributed by atoms with van der Waals surface area (Å²) in [6, 6.07) is 5.11. The molecule has 4 heteroatoms. The van der Waals surface area contributed by atoms with Crippen molar-refractivity contribution in [2.24, 2.45) is 5.41 Å². The topological polar surface area (TPSA) is 26.3 Å². The number of ether oxygens (including phenoxy) is 1. The molecule has 2 nitrogen and oxygen atoms in total. The number of hydrogen-bond donors (Lipinski definition) is 0. The highest BCUT2D eigenvalue weighted by atomic mass is 35.5. The van der Waals surface area contributed by atoms with Crippen LogP contribution in [0, 0.1) is 5.41 Å². The summed E-state index contributed by atoms with van der Waals surface area (Å²) < 4.78 is 5.71. The lowest BCUT2D eigenvalue weighted by Crippen LogP contribution is -2.52. The Morgan fingerprint density at radius 1 is 1.31 bits per heavy atom. The molecule has 1 atom stereocenters. The van der Waals surface area contributed by atoms with Crippen LogP contribution in [-0.2, 0) is 4.79 Å². The van der Waals surface area contributed by atoms with Crippen LogP contribution in [0.5, 0.6) is 5.75 Å². The summed E-state index contributed by atoms with van der Waals surface area (Å²) >= 11 is 11.7. The summed E-state index contributed by atoms with van der Waals surface area (Å²) in [7, 11) is 0. The van der Waals surface area contributed by atoms with E-state index < -0.39 is 5.41 Å². The fraction of sp³-hybridized carbons (Fsp3) is 0.417. The van der Waals surface area contributed by atoms with Gasteiger partial charge in [0.1, 0.15) is 17.6 Å². The standard InChI is InChI=1S/C12H12Cl2O2/c1-12(2)10(15)6-11(12)16-7-3-4-8(13)9(14)5-7/h3-5,11H,6H2,1-2H3. The van der Waals surface area contributed by atoms with Gasteiger partial charge < -0.3 is 4.74 Å². The van der Waals surface area contributed by atoms with E-state index in [2.05, 4.69) is 0 Å². The molecule has 0 aromatic heterocycles. The molecule has 0 spiro atoms. The molecule has 0 N–H and O–H groups in total. The minimum absolute atomic E-state index is 0.0720. The molecule has 0 aliphatic heterocycles. The van der Waals surface area contributed by atoms with E-state index in [0.29, 0.717) is 22.2 Å². The number of halogens is 2. The first kappa shape index (κ1) is 11.7. The molecule has 1 aliphatic carbocycles. The molecule has 1 fully saturated rings. The zero-order chi connectivity index (χ0) is 11.9. The number of benzene rings is 1. The molecular weight excluding hydrogens is 247 g/mol. The SMILES string of the molecule is CC1(C)C(=O)CC1Oc1ccc(Cl)c(Cl)c1. The Kier molecular flexibility index (Phi) is 2.89. The summed E-state index contributed by atoms with van der Waals surface area (Å²) in [6.45, 7) is 3.78. The fourth-order valence-electron chi connectivity index (χ4n) is 1.64. The predicted molar refractivity (Wildman–Crippen MR) is 64.3 cm³/mol. The minimum Gasteiger partial charge on any atom is -0.489 e. The van der Waals surface area contributed by atoms with Gasteiger partial charge in [-0.25, -0.2) is 0 Å². The molecule has 16 heavy (non-hydrogen) atoms. The number of carbonyl (C=O) groups is 1. The number of Topliss-reactive ketones (excluding diaryl/α,β-unsaturated/α-hetero) is 1. The Labute approximate surface area is 104 Å². The number of carbonyl (C=O) groups excluding carboxylic acids is 1. The second kappa shape index (κ2) is 3.94. The lowest BCUT2D eigenvalue weighted by atomic mass is 9.68. The maximum absolute atomic E-state index is 11.3. The van der Waals surface area contributed by atoms with Gasteiger partial charge in [0.15, 0.2) is 0 Å². The maximum Gasteiger partial charge on any atom is 0.145 e. The van der Waals surface area contributed by atoms with Crippen LogP contribution < -0.4 is 4.74 Å². The van der Waals surface area contributed by atoms with Crippen LogP contribution in [-0.4, -0.2) is 11.9 Å². The lowest BCUT2D eigenvalue weighted by molar-refractivity contribution is -0.148. The Bertz CT molecular complexity index is 441. The number of ketones is 1. The zero-order valence-electron chi connectivity index (χ0n) is 9.09. The van der Waals surface area contributed by atoms with Crippen molar-refractivity contribution in [3.8, 4) is 5.75 Å². The first-order valence-electron chi connectivity index (χ1n) is 5.06. The predicted octanol–water partition coefficient (Wildman–Crippen LogP) is 3.74. The average Bonchev–Trinajstić information content (AvgIpc) is 2.23. The van der Waals surface area contributed by atoms with Gasteiger partial charge >= 0.3 is 0 Å². The highest BCUT2D eigenvalue weighted by Gasteiger charge is 2.49. The molecule has 1 aliphatic rings. The highest BCUT2D eigenvalue weighted by molar-refractivity contribution is 6.42. The second-order valence-electron chi connectivity index (χ2n) is 4.53. The van der Waals surface area contributed by atoms with Crippen molar-refractivity contribution in [3.63, 3.8) is 0 Å². The van der Waals surface area contributed by atoms with Gasteiger partial charge in [-0.05, 0) is 26.0 Å². The van der Waals surface area contributed by atoms with Gasteiger partial charge in [0.05, 0.1) is 15.5 Å².